The topological polar surface area (TPSA) is 52.7 Å². The van der Waals surface area contributed by atoms with E-state index in [4.69, 9.17) is 0 Å². The first-order chi connectivity index (χ1) is 12.6. The van der Waals surface area contributed by atoms with Crippen molar-refractivity contribution in [3.8, 4) is 0 Å². The molecule has 0 bridgehead atoms. The predicted molar refractivity (Wildman–Crippen MR) is 107 cm³/mol. The molecule has 2 atom stereocenters. The van der Waals surface area contributed by atoms with Crippen LogP contribution < -0.4 is 5.32 Å². The van der Waals surface area contributed by atoms with Crippen molar-refractivity contribution in [1.82, 2.24) is 15.1 Å². The van der Waals surface area contributed by atoms with E-state index in [9.17, 15) is 9.59 Å². The van der Waals surface area contributed by atoms with Gasteiger partial charge in [0.05, 0.1) is 6.67 Å². The van der Waals surface area contributed by atoms with E-state index in [2.05, 4.69) is 57.3 Å². The molecular weight excluding hydrogens is 338 g/mol. The van der Waals surface area contributed by atoms with Gasteiger partial charge in [0.2, 0.25) is 0 Å². The van der Waals surface area contributed by atoms with Gasteiger partial charge in [-0.3, -0.25) is 9.69 Å². The van der Waals surface area contributed by atoms with Gasteiger partial charge in [-0.25, -0.2) is 9.69 Å². The number of rotatable bonds is 4. The Bertz CT molecular complexity index is 707. The van der Waals surface area contributed by atoms with E-state index in [-0.39, 0.29) is 23.3 Å². The molecule has 3 rings (SSSR count). The lowest BCUT2D eigenvalue weighted by atomic mass is 9.73. The summed E-state index contributed by atoms with van der Waals surface area (Å²) in [5.41, 5.74) is 1.94. The third kappa shape index (κ3) is 3.88. The van der Waals surface area contributed by atoms with Gasteiger partial charge < -0.3 is 5.32 Å². The van der Waals surface area contributed by atoms with Crippen LogP contribution in [0.1, 0.15) is 64.5 Å². The molecule has 1 saturated heterocycles. The van der Waals surface area contributed by atoms with Crippen LogP contribution in [0.3, 0.4) is 0 Å². The van der Waals surface area contributed by atoms with Crippen LogP contribution >= 0.6 is 0 Å². The molecular formula is C22H33N3O2. The fraction of sp³-hybridized carbons (Fsp3) is 0.636. The molecule has 1 spiro atoms. The van der Waals surface area contributed by atoms with Crippen LogP contribution in [-0.4, -0.2) is 41.0 Å². The SMILES string of the molecule is C[C@@H]1CCCC[C@]12NC(=O)N(CN(C)Cc1ccc(C(C)(C)C)cc1)C2=O. The minimum absolute atomic E-state index is 0.0466. The van der Waals surface area contributed by atoms with Gasteiger partial charge in [0.25, 0.3) is 5.91 Å². The van der Waals surface area contributed by atoms with Gasteiger partial charge in [-0.1, -0.05) is 64.8 Å². The zero-order chi connectivity index (χ0) is 19.8. The van der Waals surface area contributed by atoms with Crippen LogP contribution in [0.2, 0.25) is 0 Å². The van der Waals surface area contributed by atoms with Crippen LogP contribution in [0.15, 0.2) is 24.3 Å². The van der Waals surface area contributed by atoms with Gasteiger partial charge in [0.15, 0.2) is 0 Å². The van der Waals surface area contributed by atoms with Crippen molar-refractivity contribution in [1.29, 1.82) is 0 Å². The van der Waals surface area contributed by atoms with E-state index in [0.29, 0.717) is 13.2 Å². The normalized spacial score (nSPS) is 26.1. The largest absolute Gasteiger partial charge is 0.326 e. The summed E-state index contributed by atoms with van der Waals surface area (Å²) < 4.78 is 0. The number of nitrogens with one attached hydrogen (secondary N) is 1. The van der Waals surface area contributed by atoms with Crippen molar-refractivity contribution in [2.45, 2.75) is 70.9 Å². The van der Waals surface area contributed by atoms with E-state index >= 15 is 0 Å². The van der Waals surface area contributed by atoms with Crippen molar-refractivity contribution in [2.24, 2.45) is 5.92 Å². The number of hydrogen-bond acceptors (Lipinski definition) is 3. The highest BCUT2D eigenvalue weighted by molar-refractivity contribution is 6.07. The Labute approximate surface area is 163 Å². The second kappa shape index (κ2) is 7.27. The maximum Gasteiger partial charge on any atom is 0.326 e. The van der Waals surface area contributed by atoms with E-state index < -0.39 is 5.54 Å². The highest BCUT2D eigenvalue weighted by Crippen LogP contribution is 2.38. The van der Waals surface area contributed by atoms with Crippen LogP contribution in [0, 0.1) is 5.92 Å². The maximum absolute atomic E-state index is 13.1. The molecule has 148 valence electrons. The molecule has 5 nitrogen and oxygen atoms in total. The molecule has 1 aromatic rings. The number of carbonyl (C=O) groups excluding carboxylic acids is 2. The van der Waals surface area contributed by atoms with Gasteiger partial charge in [0, 0.05) is 6.54 Å². The minimum Gasteiger partial charge on any atom is -0.323 e. The summed E-state index contributed by atoms with van der Waals surface area (Å²) in [6.07, 6.45) is 3.89. The Morgan fingerprint density at radius 1 is 1.19 bits per heavy atom. The maximum atomic E-state index is 13.1. The second-order valence-electron chi connectivity index (χ2n) is 9.38. The quantitative estimate of drug-likeness (QED) is 0.818. The van der Waals surface area contributed by atoms with E-state index in [0.717, 1.165) is 25.7 Å². The predicted octanol–water partition coefficient (Wildman–Crippen LogP) is 3.87. The summed E-state index contributed by atoms with van der Waals surface area (Å²) in [6.45, 7) is 9.71. The van der Waals surface area contributed by atoms with Crippen molar-refractivity contribution in [3.05, 3.63) is 35.4 Å². The Morgan fingerprint density at radius 2 is 1.85 bits per heavy atom. The fourth-order valence-electron chi connectivity index (χ4n) is 4.34. The fourth-order valence-corrected chi connectivity index (χ4v) is 4.34. The molecule has 1 N–H and O–H groups in total. The summed E-state index contributed by atoms with van der Waals surface area (Å²) in [7, 11) is 1.95. The summed E-state index contributed by atoms with van der Waals surface area (Å²) in [6, 6.07) is 8.34. The smallest absolute Gasteiger partial charge is 0.323 e. The lowest BCUT2D eigenvalue weighted by Gasteiger charge is -2.37. The monoisotopic (exact) mass is 371 g/mol. The van der Waals surface area contributed by atoms with Gasteiger partial charge in [-0.05, 0) is 42.3 Å². The van der Waals surface area contributed by atoms with Crippen LogP contribution in [0.5, 0.6) is 0 Å². The van der Waals surface area contributed by atoms with Crippen molar-refractivity contribution in [3.63, 3.8) is 0 Å². The number of amides is 3. The molecule has 27 heavy (non-hydrogen) atoms. The number of benzene rings is 1. The molecule has 0 unspecified atom stereocenters. The standard InChI is InChI=1S/C22H33N3O2/c1-16-8-6-7-13-22(16)19(26)25(20(27)23-22)15-24(5)14-17-9-11-18(12-10-17)21(2,3)4/h9-12,16H,6-8,13-15H2,1-5H3,(H,23,27)/t16-,22+/m1/s1. The number of nitrogens with zero attached hydrogens (tertiary/aromatic N) is 2. The number of carbonyl (C=O) groups is 2. The molecule has 2 aliphatic rings. The van der Waals surface area contributed by atoms with Gasteiger partial charge >= 0.3 is 6.03 Å². The zero-order valence-electron chi connectivity index (χ0n) is 17.3. The Balaban J connectivity index is 1.64. The van der Waals surface area contributed by atoms with E-state index in [1.54, 1.807) is 0 Å². The van der Waals surface area contributed by atoms with Gasteiger partial charge in [-0.2, -0.15) is 0 Å². The van der Waals surface area contributed by atoms with Crippen LogP contribution in [-0.2, 0) is 16.8 Å². The number of imide groups is 1. The molecule has 1 heterocycles. The Kier molecular flexibility index (Phi) is 5.35. The number of hydrogen-bond donors (Lipinski definition) is 1. The van der Waals surface area contributed by atoms with Crippen molar-refractivity contribution in [2.75, 3.05) is 13.7 Å². The molecule has 0 aromatic heterocycles. The van der Waals surface area contributed by atoms with Crippen molar-refractivity contribution >= 4 is 11.9 Å². The Morgan fingerprint density at radius 3 is 2.44 bits per heavy atom. The van der Waals surface area contributed by atoms with Crippen molar-refractivity contribution < 1.29 is 9.59 Å². The van der Waals surface area contributed by atoms with Gasteiger partial charge in [0.1, 0.15) is 5.54 Å². The first kappa shape index (κ1) is 19.9. The van der Waals surface area contributed by atoms with Crippen LogP contribution in [0.25, 0.3) is 0 Å². The summed E-state index contributed by atoms with van der Waals surface area (Å²) in [5, 5.41) is 3.02. The molecule has 2 fully saturated rings. The second-order valence-corrected chi connectivity index (χ2v) is 9.38. The summed E-state index contributed by atoms with van der Waals surface area (Å²) in [5.74, 6) is 0.151. The molecule has 1 saturated carbocycles. The highest BCUT2D eigenvalue weighted by Gasteiger charge is 2.54. The molecule has 1 aromatic carbocycles. The van der Waals surface area contributed by atoms with Gasteiger partial charge in [-0.15, -0.1) is 0 Å². The third-order valence-electron chi connectivity index (χ3n) is 6.16. The molecule has 1 aliphatic heterocycles. The minimum atomic E-state index is -0.676. The zero-order valence-corrected chi connectivity index (χ0v) is 17.3. The van der Waals surface area contributed by atoms with E-state index in [1.165, 1.54) is 16.0 Å². The molecule has 5 heteroatoms. The molecule has 1 aliphatic carbocycles. The first-order valence-electron chi connectivity index (χ1n) is 10.1. The average molecular weight is 372 g/mol. The van der Waals surface area contributed by atoms with E-state index in [1.807, 2.05) is 11.9 Å². The number of urea groups is 1. The average Bonchev–Trinajstić information content (AvgIpc) is 2.82. The highest BCUT2D eigenvalue weighted by atomic mass is 16.2. The van der Waals surface area contributed by atoms with Crippen LogP contribution in [0.4, 0.5) is 4.79 Å². The third-order valence-corrected chi connectivity index (χ3v) is 6.16. The Hall–Kier alpha value is -1.88. The lowest BCUT2D eigenvalue weighted by Crippen LogP contribution is -2.54. The molecule has 3 amide bonds. The first-order valence-corrected chi connectivity index (χ1v) is 10.1. The summed E-state index contributed by atoms with van der Waals surface area (Å²) >= 11 is 0. The lowest BCUT2D eigenvalue weighted by molar-refractivity contribution is -0.135. The summed E-state index contributed by atoms with van der Waals surface area (Å²) in [4.78, 5) is 29.0. The molecule has 0 radical (unpaired) electrons.